The summed E-state index contributed by atoms with van der Waals surface area (Å²) in [6.07, 6.45) is -3.76. The molecule has 0 aliphatic carbocycles. The van der Waals surface area contributed by atoms with Crippen LogP contribution in [0.3, 0.4) is 0 Å². The minimum Gasteiger partial charge on any atom is -0.506 e. The Kier molecular flexibility index (Phi) is 2.75. The molecular weight excluding hydrogens is 231 g/mol. The van der Waals surface area contributed by atoms with Crippen LogP contribution in [0, 0.1) is 0 Å². The summed E-state index contributed by atoms with van der Waals surface area (Å²) in [5.41, 5.74) is -0.761. The number of alkyl halides is 3. The van der Waals surface area contributed by atoms with Gasteiger partial charge in [0.25, 0.3) is 0 Å². The summed E-state index contributed by atoms with van der Waals surface area (Å²) in [7, 11) is 0. The Bertz CT molecular complexity index is 523. The van der Waals surface area contributed by atoms with Crippen molar-refractivity contribution >= 4 is 0 Å². The van der Waals surface area contributed by atoms with E-state index in [-0.39, 0.29) is 11.3 Å². The molecule has 17 heavy (non-hydrogen) atoms. The van der Waals surface area contributed by atoms with Gasteiger partial charge in [-0.3, -0.25) is 0 Å². The third-order valence-electron chi connectivity index (χ3n) is 2.23. The molecule has 0 saturated heterocycles. The van der Waals surface area contributed by atoms with Crippen LogP contribution in [0.2, 0.25) is 0 Å². The van der Waals surface area contributed by atoms with Crippen molar-refractivity contribution < 1.29 is 18.3 Å². The predicted molar refractivity (Wildman–Crippen MR) is 56.3 cm³/mol. The summed E-state index contributed by atoms with van der Waals surface area (Å²) in [5, 5.41) is 9.23. The van der Waals surface area contributed by atoms with Crippen molar-refractivity contribution in [2.24, 2.45) is 0 Å². The largest absolute Gasteiger partial charge is 0.506 e. The Hall–Kier alpha value is -2.04. The van der Waals surface area contributed by atoms with Crippen LogP contribution in [0.5, 0.6) is 5.75 Å². The second-order valence-corrected chi connectivity index (χ2v) is 3.45. The van der Waals surface area contributed by atoms with Crippen LogP contribution in [-0.4, -0.2) is 10.1 Å². The van der Waals surface area contributed by atoms with Crippen molar-refractivity contribution in [2.45, 2.75) is 6.18 Å². The molecule has 0 amide bonds. The van der Waals surface area contributed by atoms with Crippen LogP contribution in [-0.2, 0) is 6.18 Å². The molecule has 1 aromatic carbocycles. The Morgan fingerprint density at radius 1 is 1.06 bits per heavy atom. The predicted octanol–water partition coefficient (Wildman–Crippen LogP) is 3.47. The SMILES string of the molecule is Oc1cnc(C(F)(F)F)c(-c2ccccc2)c1. The minimum atomic E-state index is -4.54. The number of nitrogens with zero attached hydrogens (tertiary/aromatic N) is 1. The Labute approximate surface area is 95.4 Å². The number of pyridine rings is 1. The van der Waals surface area contributed by atoms with Crippen LogP contribution in [0.25, 0.3) is 11.1 Å². The van der Waals surface area contributed by atoms with Crippen molar-refractivity contribution in [1.29, 1.82) is 0 Å². The van der Waals surface area contributed by atoms with Crippen molar-refractivity contribution in [3.63, 3.8) is 0 Å². The lowest BCUT2D eigenvalue weighted by molar-refractivity contribution is -0.140. The van der Waals surface area contributed by atoms with Crippen molar-refractivity contribution in [2.75, 3.05) is 0 Å². The van der Waals surface area contributed by atoms with Gasteiger partial charge in [0.1, 0.15) is 5.75 Å². The molecule has 0 unspecified atom stereocenters. The molecule has 1 N–H and O–H groups in total. The first-order valence-electron chi connectivity index (χ1n) is 4.80. The average molecular weight is 239 g/mol. The maximum Gasteiger partial charge on any atom is 0.433 e. The topological polar surface area (TPSA) is 33.1 Å². The second-order valence-electron chi connectivity index (χ2n) is 3.45. The highest BCUT2D eigenvalue weighted by atomic mass is 19.4. The minimum absolute atomic E-state index is 0.127. The van der Waals surface area contributed by atoms with Gasteiger partial charge in [-0.25, -0.2) is 4.98 Å². The molecule has 2 rings (SSSR count). The van der Waals surface area contributed by atoms with Gasteiger partial charge in [-0.1, -0.05) is 30.3 Å². The van der Waals surface area contributed by atoms with Crippen molar-refractivity contribution in [3.8, 4) is 16.9 Å². The van der Waals surface area contributed by atoms with Gasteiger partial charge >= 0.3 is 6.18 Å². The molecule has 2 nitrogen and oxygen atoms in total. The fraction of sp³-hybridized carbons (Fsp3) is 0.0833. The van der Waals surface area contributed by atoms with Gasteiger partial charge in [-0.2, -0.15) is 13.2 Å². The highest BCUT2D eigenvalue weighted by molar-refractivity contribution is 5.67. The molecule has 5 heteroatoms. The fourth-order valence-corrected chi connectivity index (χ4v) is 1.52. The van der Waals surface area contributed by atoms with E-state index in [4.69, 9.17) is 0 Å². The molecule has 0 radical (unpaired) electrons. The summed E-state index contributed by atoms with van der Waals surface area (Å²) >= 11 is 0. The van der Waals surface area contributed by atoms with E-state index in [0.29, 0.717) is 5.56 Å². The lowest BCUT2D eigenvalue weighted by Crippen LogP contribution is -2.09. The summed E-state index contributed by atoms with van der Waals surface area (Å²) in [6.45, 7) is 0. The van der Waals surface area contributed by atoms with E-state index >= 15 is 0 Å². The van der Waals surface area contributed by atoms with E-state index in [9.17, 15) is 18.3 Å². The monoisotopic (exact) mass is 239 g/mol. The third-order valence-corrected chi connectivity index (χ3v) is 2.23. The number of halogens is 3. The zero-order valence-corrected chi connectivity index (χ0v) is 8.57. The molecule has 2 aromatic rings. The molecular formula is C12H8F3NO. The Morgan fingerprint density at radius 3 is 2.29 bits per heavy atom. The van der Waals surface area contributed by atoms with Gasteiger partial charge < -0.3 is 5.11 Å². The molecule has 0 bridgehead atoms. The van der Waals surface area contributed by atoms with Gasteiger partial charge in [-0.05, 0) is 11.6 Å². The molecule has 0 fully saturated rings. The summed E-state index contributed by atoms with van der Waals surface area (Å²) < 4.78 is 38.2. The molecule has 0 aliphatic heterocycles. The standard InChI is InChI=1S/C12H8F3NO/c13-12(14,15)11-10(6-9(17)7-16-11)8-4-2-1-3-5-8/h1-7,17H. The molecule has 1 heterocycles. The normalized spacial score (nSPS) is 11.5. The molecule has 88 valence electrons. The second kappa shape index (κ2) is 4.08. The van der Waals surface area contributed by atoms with Crippen LogP contribution in [0.15, 0.2) is 42.6 Å². The Morgan fingerprint density at radius 2 is 1.71 bits per heavy atom. The number of rotatable bonds is 1. The van der Waals surface area contributed by atoms with E-state index in [0.717, 1.165) is 12.3 Å². The fourth-order valence-electron chi connectivity index (χ4n) is 1.52. The molecule has 0 saturated carbocycles. The summed E-state index contributed by atoms with van der Waals surface area (Å²) in [4.78, 5) is 3.25. The summed E-state index contributed by atoms with van der Waals surface area (Å²) in [6, 6.07) is 9.08. The summed E-state index contributed by atoms with van der Waals surface area (Å²) in [5.74, 6) is -0.295. The maximum absolute atomic E-state index is 12.7. The third kappa shape index (κ3) is 2.38. The van der Waals surface area contributed by atoms with Crippen molar-refractivity contribution in [3.05, 3.63) is 48.3 Å². The highest BCUT2D eigenvalue weighted by Gasteiger charge is 2.35. The van der Waals surface area contributed by atoms with E-state index in [1.807, 2.05) is 0 Å². The lowest BCUT2D eigenvalue weighted by atomic mass is 10.0. The van der Waals surface area contributed by atoms with E-state index in [1.54, 1.807) is 18.2 Å². The smallest absolute Gasteiger partial charge is 0.433 e. The van der Waals surface area contributed by atoms with Gasteiger partial charge in [-0.15, -0.1) is 0 Å². The van der Waals surface area contributed by atoms with E-state index in [1.165, 1.54) is 12.1 Å². The molecule has 0 atom stereocenters. The number of hydrogen-bond donors (Lipinski definition) is 1. The van der Waals surface area contributed by atoms with Crippen LogP contribution in [0.4, 0.5) is 13.2 Å². The highest BCUT2D eigenvalue weighted by Crippen LogP contribution is 2.36. The quantitative estimate of drug-likeness (QED) is 0.826. The molecule has 0 aliphatic rings. The maximum atomic E-state index is 12.7. The average Bonchev–Trinajstić information content (AvgIpc) is 2.28. The number of benzene rings is 1. The van der Waals surface area contributed by atoms with E-state index < -0.39 is 11.9 Å². The first kappa shape index (κ1) is 11.4. The lowest BCUT2D eigenvalue weighted by Gasteiger charge is -2.11. The zero-order chi connectivity index (χ0) is 12.5. The zero-order valence-electron chi connectivity index (χ0n) is 8.57. The first-order chi connectivity index (χ1) is 7.98. The van der Waals surface area contributed by atoms with Crippen LogP contribution in [0.1, 0.15) is 5.69 Å². The van der Waals surface area contributed by atoms with E-state index in [2.05, 4.69) is 4.98 Å². The first-order valence-corrected chi connectivity index (χ1v) is 4.80. The number of aromatic nitrogens is 1. The molecule has 1 aromatic heterocycles. The van der Waals surface area contributed by atoms with Gasteiger partial charge in [0.05, 0.1) is 6.20 Å². The van der Waals surface area contributed by atoms with Gasteiger partial charge in [0.2, 0.25) is 0 Å². The van der Waals surface area contributed by atoms with Crippen LogP contribution >= 0.6 is 0 Å². The van der Waals surface area contributed by atoms with Gasteiger partial charge in [0.15, 0.2) is 5.69 Å². The van der Waals surface area contributed by atoms with Crippen molar-refractivity contribution in [1.82, 2.24) is 4.98 Å². The van der Waals surface area contributed by atoms with Gasteiger partial charge in [0, 0.05) is 5.56 Å². The van der Waals surface area contributed by atoms with Crippen LogP contribution < -0.4 is 0 Å². The Balaban J connectivity index is 2.64. The molecule has 0 spiro atoms. The number of aromatic hydroxyl groups is 1. The number of hydrogen-bond acceptors (Lipinski definition) is 2.